The summed E-state index contributed by atoms with van der Waals surface area (Å²) in [4.78, 5) is 14.3. The summed E-state index contributed by atoms with van der Waals surface area (Å²) < 4.78 is 13.9. The minimum absolute atomic E-state index is 0. The highest BCUT2D eigenvalue weighted by atomic mass is 35.5. The number of likely N-dealkylation sites (tertiary alicyclic amines) is 1. The van der Waals surface area contributed by atoms with E-state index in [1.165, 1.54) is 6.07 Å². The molecule has 3 rings (SSSR count). The van der Waals surface area contributed by atoms with E-state index in [4.69, 9.17) is 0 Å². The van der Waals surface area contributed by atoms with Gasteiger partial charge in [-0.2, -0.15) is 0 Å². The maximum atomic E-state index is 13.9. The van der Waals surface area contributed by atoms with E-state index in [2.05, 4.69) is 5.32 Å². The maximum absolute atomic E-state index is 13.9. The van der Waals surface area contributed by atoms with Crippen LogP contribution in [0.3, 0.4) is 0 Å². The van der Waals surface area contributed by atoms with Crippen LogP contribution in [-0.2, 0) is 0 Å². The van der Waals surface area contributed by atoms with Gasteiger partial charge < -0.3 is 10.2 Å². The van der Waals surface area contributed by atoms with E-state index in [9.17, 15) is 9.18 Å². The molecule has 5 heteroatoms. The molecule has 2 atom stereocenters. The number of aryl methyl sites for hydroxylation is 1. The molecule has 2 aliphatic heterocycles. The molecule has 1 N–H and O–H groups in total. The zero-order valence-electron chi connectivity index (χ0n) is 12.3. The summed E-state index contributed by atoms with van der Waals surface area (Å²) in [6, 6.07) is 4.84. The predicted molar refractivity (Wildman–Crippen MR) is 83.4 cm³/mol. The topological polar surface area (TPSA) is 32.3 Å². The van der Waals surface area contributed by atoms with Crippen LogP contribution >= 0.6 is 12.4 Å². The molecule has 1 amide bonds. The van der Waals surface area contributed by atoms with Crippen molar-refractivity contribution in [1.82, 2.24) is 10.2 Å². The molecule has 0 radical (unpaired) electrons. The van der Waals surface area contributed by atoms with Crippen molar-refractivity contribution in [2.45, 2.75) is 19.8 Å². The van der Waals surface area contributed by atoms with Crippen molar-refractivity contribution in [1.29, 1.82) is 0 Å². The molecule has 3 nitrogen and oxygen atoms in total. The number of nitrogens with one attached hydrogen (secondary N) is 1. The Kier molecular flexibility index (Phi) is 5.22. The van der Waals surface area contributed by atoms with E-state index >= 15 is 0 Å². The summed E-state index contributed by atoms with van der Waals surface area (Å²) in [5, 5.41) is 3.42. The lowest BCUT2D eigenvalue weighted by molar-refractivity contribution is 0.0754. The van der Waals surface area contributed by atoms with E-state index < -0.39 is 5.82 Å². The van der Waals surface area contributed by atoms with Crippen molar-refractivity contribution in [3.8, 4) is 0 Å². The Labute approximate surface area is 131 Å². The fourth-order valence-corrected chi connectivity index (χ4v) is 3.39. The molecule has 2 fully saturated rings. The van der Waals surface area contributed by atoms with Gasteiger partial charge in [-0.15, -0.1) is 12.4 Å². The van der Waals surface area contributed by atoms with Crippen LogP contribution in [0.2, 0.25) is 0 Å². The number of rotatable bonds is 1. The first-order chi connectivity index (χ1) is 9.65. The second kappa shape index (κ2) is 6.75. The Morgan fingerprint density at radius 1 is 1.24 bits per heavy atom. The lowest BCUT2D eigenvalue weighted by atomic mass is 9.92. The van der Waals surface area contributed by atoms with Gasteiger partial charge >= 0.3 is 0 Å². The van der Waals surface area contributed by atoms with Gasteiger partial charge in [0.1, 0.15) is 5.82 Å². The van der Waals surface area contributed by atoms with Gasteiger partial charge in [-0.1, -0.05) is 6.07 Å². The number of benzene rings is 1. The second-order valence-electron chi connectivity index (χ2n) is 6.03. The summed E-state index contributed by atoms with van der Waals surface area (Å²) in [6.07, 6.45) is 2.05. The molecule has 2 aliphatic rings. The first-order valence-corrected chi connectivity index (χ1v) is 7.41. The van der Waals surface area contributed by atoms with Crippen LogP contribution in [0.4, 0.5) is 4.39 Å². The molecule has 0 spiro atoms. The van der Waals surface area contributed by atoms with Gasteiger partial charge in [0, 0.05) is 13.1 Å². The van der Waals surface area contributed by atoms with Gasteiger partial charge in [0.15, 0.2) is 0 Å². The minimum Gasteiger partial charge on any atom is -0.339 e. The molecule has 1 aromatic rings. The molecule has 2 heterocycles. The Bertz CT molecular complexity index is 509. The normalized spacial score (nSPS) is 25.0. The number of amides is 1. The summed E-state index contributed by atoms with van der Waals surface area (Å²) in [6.45, 7) is 5.44. The third-order valence-corrected chi connectivity index (χ3v) is 4.66. The number of nitrogens with zero attached hydrogens (tertiary/aromatic N) is 1. The zero-order chi connectivity index (χ0) is 14.1. The predicted octanol–water partition coefficient (Wildman–Crippen LogP) is 2.63. The van der Waals surface area contributed by atoms with Gasteiger partial charge in [-0.3, -0.25) is 4.79 Å². The molecule has 2 saturated heterocycles. The molecular formula is C16H22ClFN2O. The molecule has 0 bridgehead atoms. The van der Waals surface area contributed by atoms with Gasteiger partial charge in [0.05, 0.1) is 5.56 Å². The van der Waals surface area contributed by atoms with E-state index in [1.807, 2.05) is 11.8 Å². The molecule has 116 valence electrons. The Hall–Kier alpha value is -1.13. The number of halogens is 2. The van der Waals surface area contributed by atoms with Gasteiger partial charge in [0.2, 0.25) is 0 Å². The Morgan fingerprint density at radius 3 is 2.43 bits per heavy atom. The van der Waals surface area contributed by atoms with Crippen molar-refractivity contribution in [3.63, 3.8) is 0 Å². The molecule has 21 heavy (non-hydrogen) atoms. The van der Waals surface area contributed by atoms with Crippen molar-refractivity contribution in [3.05, 3.63) is 35.1 Å². The van der Waals surface area contributed by atoms with Crippen LogP contribution in [0, 0.1) is 24.6 Å². The maximum Gasteiger partial charge on any atom is 0.256 e. The quantitative estimate of drug-likeness (QED) is 0.864. The van der Waals surface area contributed by atoms with E-state index in [0.717, 1.165) is 44.6 Å². The fraction of sp³-hybridized carbons (Fsp3) is 0.562. The number of hydrogen-bond donors (Lipinski definition) is 1. The van der Waals surface area contributed by atoms with Crippen molar-refractivity contribution < 1.29 is 9.18 Å². The average Bonchev–Trinajstić information content (AvgIpc) is 2.77. The molecule has 1 aromatic carbocycles. The van der Waals surface area contributed by atoms with Crippen LogP contribution in [-0.4, -0.2) is 37.0 Å². The molecule has 0 saturated carbocycles. The highest BCUT2D eigenvalue weighted by Gasteiger charge is 2.32. The van der Waals surface area contributed by atoms with Gasteiger partial charge in [0.25, 0.3) is 5.91 Å². The molecule has 0 unspecified atom stereocenters. The summed E-state index contributed by atoms with van der Waals surface area (Å²) in [5.74, 6) is 0.794. The van der Waals surface area contributed by atoms with E-state index in [0.29, 0.717) is 11.8 Å². The smallest absolute Gasteiger partial charge is 0.256 e. The van der Waals surface area contributed by atoms with Crippen LogP contribution in [0.1, 0.15) is 28.8 Å². The van der Waals surface area contributed by atoms with Gasteiger partial charge in [-0.05, 0) is 62.4 Å². The van der Waals surface area contributed by atoms with Crippen molar-refractivity contribution in [2.24, 2.45) is 11.8 Å². The number of fused-ring (bicyclic) bond motifs is 1. The Morgan fingerprint density at radius 2 is 1.86 bits per heavy atom. The third kappa shape index (κ3) is 3.38. The third-order valence-electron chi connectivity index (χ3n) is 4.66. The second-order valence-corrected chi connectivity index (χ2v) is 6.03. The summed E-state index contributed by atoms with van der Waals surface area (Å²) in [5.41, 5.74) is 1.05. The largest absolute Gasteiger partial charge is 0.339 e. The van der Waals surface area contributed by atoms with E-state index in [-0.39, 0.29) is 23.9 Å². The standard InChI is InChI=1S/C16H21FN2O.ClH/c1-11-2-3-14(15(17)8-11)16(20)19-6-4-12-9-18-10-13(12)5-7-19;/h2-3,8,12-13,18H,4-7,9-10H2,1H3;1H/t12-,13+;. The zero-order valence-corrected chi connectivity index (χ0v) is 13.1. The van der Waals surface area contributed by atoms with Gasteiger partial charge in [-0.25, -0.2) is 4.39 Å². The average molecular weight is 313 g/mol. The number of carbonyl (C=O) groups is 1. The van der Waals surface area contributed by atoms with Crippen LogP contribution in [0.15, 0.2) is 18.2 Å². The number of hydrogen-bond acceptors (Lipinski definition) is 2. The van der Waals surface area contributed by atoms with Crippen LogP contribution in [0.5, 0.6) is 0 Å². The Balaban J connectivity index is 0.00000161. The fourth-order valence-electron chi connectivity index (χ4n) is 3.39. The first kappa shape index (κ1) is 16.2. The summed E-state index contributed by atoms with van der Waals surface area (Å²) >= 11 is 0. The molecule has 0 aromatic heterocycles. The highest BCUT2D eigenvalue weighted by molar-refractivity contribution is 5.94. The summed E-state index contributed by atoms with van der Waals surface area (Å²) in [7, 11) is 0. The van der Waals surface area contributed by atoms with E-state index in [1.54, 1.807) is 12.1 Å². The molecule has 0 aliphatic carbocycles. The van der Waals surface area contributed by atoms with Crippen LogP contribution < -0.4 is 5.32 Å². The van der Waals surface area contributed by atoms with Crippen LogP contribution in [0.25, 0.3) is 0 Å². The lowest BCUT2D eigenvalue weighted by Crippen LogP contribution is -2.33. The lowest BCUT2D eigenvalue weighted by Gasteiger charge is -2.21. The van der Waals surface area contributed by atoms with Crippen molar-refractivity contribution >= 4 is 18.3 Å². The number of carbonyl (C=O) groups excluding carboxylic acids is 1. The molecular weight excluding hydrogens is 291 g/mol. The first-order valence-electron chi connectivity index (χ1n) is 7.41. The van der Waals surface area contributed by atoms with Crippen molar-refractivity contribution in [2.75, 3.05) is 26.2 Å². The monoisotopic (exact) mass is 312 g/mol. The SMILES string of the molecule is Cc1ccc(C(=O)N2CC[C@@H]3CNC[C@@H]3CC2)c(F)c1.Cl. The highest BCUT2D eigenvalue weighted by Crippen LogP contribution is 2.28. The minimum atomic E-state index is -0.402.